The van der Waals surface area contributed by atoms with Crippen LogP contribution in [-0.2, 0) is 0 Å². The molecule has 2 aliphatic rings. The Hall–Kier alpha value is -1.26. The highest BCUT2D eigenvalue weighted by atomic mass is 35.5. The van der Waals surface area contributed by atoms with Crippen LogP contribution in [-0.4, -0.2) is 48.1 Å². The lowest BCUT2D eigenvalue weighted by molar-refractivity contribution is 0.104. The second-order valence-corrected chi connectivity index (χ2v) is 6.69. The fourth-order valence-electron chi connectivity index (χ4n) is 3.45. The van der Waals surface area contributed by atoms with Gasteiger partial charge < -0.3 is 15.1 Å². The molecule has 3 rings (SSSR count). The van der Waals surface area contributed by atoms with Crippen LogP contribution in [0.1, 0.15) is 32.1 Å². The number of likely N-dealkylation sites (tertiary alicyclic amines) is 2. The number of carbonyl (C=O) groups is 1. The summed E-state index contributed by atoms with van der Waals surface area (Å²) >= 11 is 5.86. The van der Waals surface area contributed by atoms with Crippen LogP contribution in [0.4, 0.5) is 10.5 Å². The van der Waals surface area contributed by atoms with Gasteiger partial charge in [-0.2, -0.15) is 0 Å². The summed E-state index contributed by atoms with van der Waals surface area (Å²) in [6.45, 7) is 4.17. The maximum absolute atomic E-state index is 12.3. The van der Waals surface area contributed by atoms with Gasteiger partial charge in [0.05, 0.1) is 0 Å². The maximum atomic E-state index is 12.3. The fourth-order valence-corrected chi connectivity index (χ4v) is 3.58. The number of amides is 2. The van der Waals surface area contributed by atoms with E-state index in [-0.39, 0.29) is 6.03 Å². The number of hydrogen-bond acceptors (Lipinski definition) is 2. The predicted octanol–water partition coefficient (Wildman–Crippen LogP) is 3.82. The molecule has 0 unspecified atom stereocenters. The molecule has 22 heavy (non-hydrogen) atoms. The first-order chi connectivity index (χ1) is 10.7. The highest BCUT2D eigenvalue weighted by Crippen LogP contribution is 2.21. The van der Waals surface area contributed by atoms with E-state index in [9.17, 15) is 4.79 Å². The molecule has 0 radical (unpaired) electrons. The molecule has 0 aliphatic carbocycles. The van der Waals surface area contributed by atoms with Gasteiger partial charge in [0, 0.05) is 29.8 Å². The minimum absolute atomic E-state index is 0.000540. The van der Waals surface area contributed by atoms with Crippen molar-refractivity contribution in [3.63, 3.8) is 0 Å². The molecule has 2 aliphatic heterocycles. The van der Waals surface area contributed by atoms with Crippen molar-refractivity contribution in [3.8, 4) is 0 Å². The molecule has 0 saturated carbocycles. The van der Waals surface area contributed by atoms with Crippen LogP contribution in [0.25, 0.3) is 0 Å². The quantitative estimate of drug-likeness (QED) is 0.898. The number of nitrogens with one attached hydrogen (secondary N) is 1. The van der Waals surface area contributed by atoms with Gasteiger partial charge in [0.1, 0.15) is 0 Å². The number of hydrogen-bond donors (Lipinski definition) is 1. The lowest BCUT2D eigenvalue weighted by Gasteiger charge is -2.40. The van der Waals surface area contributed by atoms with Gasteiger partial charge in [-0.05, 0) is 63.0 Å². The molecule has 2 saturated heterocycles. The zero-order chi connectivity index (χ0) is 15.4. The summed E-state index contributed by atoms with van der Waals surface area (Å²) in [7, 11) is 0. The summed E-state index contributed by atoms with van der Waals surface area (Å²) in [5.74, 6) is 0. The first-order valence-electron chi connectivity index (χ1n) is 8.28. The van der Waals surface area contributed by atoms with Crippen molar-refractivity contribution in [2.75, 3.05) is 31.5 Å². The van der Waals surface area contributed by atoms with Gasteiger partial charge in [0.15, 0.2) is 0 Å². The summed E-state index contributed by atoms with van der Waals surface area (Å²) in [6, 6.07) is 7.92. The lowest BCUT2D eigenvalue weighted by atomic mass is 10.0. The van der Waals surface area contributed by atoms with Gasteiger partial charge in [-0.25, -0.2) is 4.79 Å². The summed E-state index contributed by atoms with van der Waals surface area (Å²) in [4.78, 5) is 16.9. The molecule has 1 aromatic rings. The van der Waals surface area contributed by atoms with Crippen LogP contribution in [0.15, 0.2) is 24.3 Å². The maximum Gasteiger partial charge on any atom is 0.321 e. The van der Waals surface area contributed by atoms with Crippen molar-refractivity contribution in [1.82, 2.24) is 9.80 Å². The SMILES string of the molecule is O=C(Nc1ccc(Cl)cc1)N1CCC(N2CCCCC2)CC1. The smallest absolute Gasteiger partial charge is 0.321 e. The van der Waals surface area contributed by atoms with E-state index in [0.29, 0.717) is 11.1 Å². The minimum atomic E-state index is -0.000540. The number of benzene rings is 1. The number of anilines is 1. The third-order valence-electron chi connectivity index (χ3n) is 4.75. The number of halogens is 1. The van der Waals surface area contributed by atoms with E-state index in [0.717, 1.165) is 31.6 Å². The number of piperidine rings is 2. The molecule has 0 spiro atoms. The standard InChI is InChI=1S/C17H24ClN3O/c18-14-4-6-15(7-5-14)19-17(22)21-12-8-16(9-13-21)20-10-2-1-3-11-20/h4-7,16H,1-3,8-13H2,(H,19,22). The van der Waals surface area contributed by atoms with Crippen LogP contribution in [0.5, 0.6) is 0 Å². The van der Waals surface area contributed by atoms with E-state index in [1.54, 1.807) is 12.1 Å². The Morgan fingerprint density at radius 3 is 2.27 bits per heavy atom. The van der Waals surface area contributed by atoms with Crippen molar-refractivity contribution in [2.45, 2.75) is 38.1 Å². The lowest BCUT2D eigenvalue weighted by Crippen LogP contribution is -2.49. The highest BCUT2D eigenvalue weighted by Gasteiger charge is 2.27. The van der Waals surface area contributed by atoms with E-state index in [1.807, 2.05) is 17.0 Å². The van der Waals surface area contributed by atoms with Gasteiger partial charge in [-0.3, -0.25) is 0 Å². The van der Waals surface area contributed by atoms with Crippen LogP contribution in [0.3, 0.4) is 0 Å². The predicted molar refractivity (Wildman–Crippen MR) is 90.5 cm³/mol. The molecule has 1 N–H and O–H groups in total. The molecule has 2 heterocycles. The van der Waals surface area contributed by atoms with E-state index < -0.39 is 0 Å². The molecule has 2 fully saturated rings. The van der Waals surface area contributed by atoms with Crippen LogP contribution in [0, 0.1) is 0 Å². The Morgan fingerprint density at radius 2 is 1.64 bits per heavy atom. The second-order valence-electron chi connectivity index (χ2n) is 6.25. The molecule has 0 atom stereocenters. The Labute approximate surface area is 137 Å². The Kier molecular flexibility index (Phi) is 5.21. The second kappa shape index (κ2) is 7.34. The summed E-state index contributed by atoms with van der Waals surface area (Å²) in [5, 5.41) is 3.63. The van der Waals surface area contributed by atoms with Crippen molar-refractivity contribution in [3.05, 3.63) is 29.3 Å². The van der Waals surface area contributed by atoms with Gasteiger partial charge in [-0.1, -0.05) is 18.0 Å². The van der Waals surface area contributed by atoms with Crippen molar-refractivity contribution in [1.29, 1.82) is 0 Å². The van der Waals surface area contributed by atoms with E-state index in [1.165, 1.54) is 32.4 Å². The van der Waals surface area contributed by atoms with Crippen molar-refractivity contribution in [2.24, 2.45) is 0 Å². The Morgan fingerprint density at radius 1 is 1.00 bits per heavy atom. The number of urea groups is 1. The Bertz CT molecular complexity index is 491. The van der Waals surface area contributed by atoms with Crippen LogP contribution >= 0.6 is 11.6 Å². The molecule has 2 amide bonds. The normalized spacial score (nSPS) is 20.9. The molecular formula is C17H24ClN3O. The number of rotatable bonds is 2. The van der Waals surface area contributed by atoms with Gasteiger partial charge >= 0.3 is 6.03 Å². The van der Waals surface area contributed by atoms with E-state index in [4.69, 9.17) is 11.6 Å². The average Bonchev–Trinajstić information content (AvgIpc) is 2.58. The Balaban J connectivity index is 1.48. The summed E-state index contributed by atoms with van der Waals surface area (Å²) in [6.07, 6.45) is 6.22. The largest absolute Gasteiger partial charge is 0.324 e. The first kappa shape index (κ1) is 15.6. The average molecular weight is 322 g/mol. The van der Waals surface area contributed by atoms with Crippen LogP contribution in [0.2, 0.25) is 5.02 Å². The molecule has 120 valence electrons. The number of carbonyl (C=O) groups excluding carboxylic acids is 1. The van der Waals surface area contributed by atoms with E-state index >= 15 is 0 Å². The number of nitrogens with zero attached hydrogens (tertiary/aromatic N) is 2. The molecule has 4 nitrogen and oxygen atoms in total. The molecule has 1 aromatic carbocycles. The highest BCUT2D eigenvalue weighted by molar-refractivity contribution is 6.30. The minimum Gasteiger partial charge on any atom is -0.324 e. The van der Waals surface area contributed by atoms with Crippen molar-refractivity contribution >= 4 is 23.3 Å². The zero-order valence-corrected chi connectivity index (χ0v) is 13.7. The zero-order valence-electron chi connectivity index (χ0n) is 12.9. The first-order valence-corrected chi connectivity index (χ1v) is 8.66. The van der Waals surface area contributed by atoms with Crippen LogP contribution < -0.4 is 5.32 Å². The fraction of sp³-hybridized carbons (Fsp3) is 0.588. The molecule has 0 aromatic heterocycles. The third kappa shape index (κ3) is 3.93. The summed E-state index contributed by atoms with van der Waals surface area (Å²) in [5.41, 5.74) is 0.799. The van der Waals surface area contributed by atoms with Gasteiger partial charge in [-0.15, -0.1) is 0 Å². The molecule has 0 bridgehead atoms. The van der Waals surface area contributed by atoms with Gasteiger partial charge in [0.2, 0.25) is 0 Å². The van der Waals surface area contributed by atoms with E-state index in [2.05, 4.69) is 10.2 Å². The molecule has 5 heteroatoms. The monoisotopic (exact) mass is 321 g/mol. The topological polar surface area (TPSA) is 35.6 Å². The van der Waals surface area contributed by atoms with Gasteiger partial charge in [0.25, 0.3) is 0 Å². The summed E-state index contributed by atoms with van der Waals surface area (Å²) < 4.78 is 0. The third-order valence-corrected chi connectivity index (χ3v) is 5.01. The molecular weight excluding hydrogens is 298 g/mol. The van der Waals surface area contributed by atoms with Crippen molar-refractivity contribution < 1.29 is 4.79 Å².